The lowest BCUT2D eigenvalue weighted by atomic mass is 10.1. The molecule has 0 saturated carbocycles. The molecule has 7 nitrogen and oxygen atoms in total. The predicted molar refractivity (Wildman–Crippen MR) is 83.8 cm³/mol. The quantitative estimate of drug-likeness (QED) is 0.895. The van der Waals surface area contributed by atoms with Gasteiger partial charge in [-0.05, 0) is 24.5 Å². The van der Waals surface area contributed by atoms with Crippen LogP contribution >= 0.6 is 0 Å². The van der Waals surface area contributed by atoms with Crippen LogP contribution in [-0.4, -0.2) is 48.8 Å². The highest BCUT2D eigenvalue weighted by Gasteiger charge is 2.39. The molecule has 0 aliphatic carbocycles. The molecule has 2 amide bonds. The van der Waals surface area contributed by atoms with E-state index in [1.165, 1.54) is 4.90 Å². The molecule has 0 bridgehead atoms. The van der Waals surface area contributed by atoms with Crippen LogP contribution < -0.4 is 5.32 Å². The zero-order valence-electron chi connectivity index (χ0n) is 13.2. The molecule has 7 heteroatoms. The molecule has 0 spiro atoms. The molecule has 0 radical (unpaired) electrons. The van der Waals surface area contributed by atoms with Crippen molar-refractivity contribution in [1.29, 1.82) is 5.26 Å². The second-order valence-corrected chi connectivity index (χ2v) is 5.88. The second-order valence-electron chi connectivity index (χ2n) is 5.88. The van der Waals surface area contributed by atoms with Crippen molar-refractivity contribution in [2.24, 2.45) is 0 Å². The van der Waals surface area contributed by atoms with E-state index in [1.807, 2.05) is 0 Å². The SMILES string of the molecule is N#Cc1ccccc1CN1C(=O)OC[C@H]1C(=O)NC1CCOCC1. The number of rotatable bonds is 4. The molecule has 24 heavy (non-hydrogen) atoms. The van der Waals surface area contributed by atoms with Gasteiger partial charge in [0.2, 0.25) is 5.91 Å². The molecule has 1 aromatic carbocycles. The third-order valence-electron chi connectivity index (χ3n) is 4.32. The van der Waals surface area contributed by atoms with Crippen molar-refractivity contribution < 1.29 is 19.1 Å². The first kappa shape index (κ1) is 16.3. The molecule has 126 valence electrons. The van der Waals surface area contributed by atoms with Crippen LogP contribution in [0.5, 0.6) is 0 Å². The Morgan fingerprint density at radius 1 is 1.33 bits per heavy atom. The van der Waals surface area contributed by atoms with Crippen LogP contribution in [0.3, 0.4) is 0 Å². The summed E-state index contributed by atoms with van der Waals surface area (Å²) >= 11 is 0. The van der Waals surface area contributed by atoms with E-state index in [9.17, 15) is 14.9 Å². The first-order chi connectivity index (χ1) is 11.7. The number of nitrogens with zero attached hydrogens (tertiary/aromatic N) is 2. The Hall–Kier alpha value is -2.59. The summed E-state index contributed by atoms with van der Waals surface area (Å²) < 4.78 is 10.3. The van der Waals surface area contributed by atoms with E-state index in [4.69, 9.17) is 9.47 Å². The first-order valence-electron chi connectivity index (χ1n) is 7.98. The summed E-state index contributed by atoms with van der Waals surface area (Å²) in [6, 6.07) is 8.52. The number of carbonyl (C=O) groups is 2. The number of nitrogens with one attached hydrogen (secondary N) is 1. The van der Waals surface area contributed by atoms with Gasteiger partial charge in [0.25, 0.3) is 0 Å². The van der Waals surface area contributed by atoms with Crippen molar-refractivity contribution in [3.05, 3.63) is 35.4 Å². The summed E-state index contributed by atoms with van der Waals surface area (Å²) in [5.74, 6) is -0.220. The fourth-order valence-corrected chi connectivity index (χ4v) is 2.93. The largest absolute Gasteiger partial charge is 0.447 e. The molecule has 1 aromatic rings. The normalized spacial score (nSPS) is 21.2. The molecule has 1 N–H and O–H groups in total. The van der Waals surface area contributed by atoms with Gasteiger partial charge in [0.1, 0.15) is 12.6 Å². The molecular formula is C17H19N3O4. The second kappa shape index (κ2) is 7.32. The van der Waals surface area contributed by atoms with Gasteiger partial charge in [-0.3, -0.25) is 9.69 Å². The first-order valence-corrected chi connectivity index (χ1v) is 7.98. The lowest BCUT2D eigenvalue weighted by molar-refractivity contribution is -0.126. The van der Waals surface area contributed by atoms with Gasteiger partial charge in [0.05, 0.1) is 18.2 Å². The van der Waals surface area contributed by atoms with E-state index in [2.05, 4.69) is 11.4 Å². The highest BCUT2D eigenvalue weighted by atomic mass is 16.6. The Balaban J connectivity index is 1.69. The van der Waals surface area contributed by atoms with Gasteiger partial charge >= 0.3 is 6.09 Å². The number of hydrogen-bond donors (Lipinski definition) is 1. The Kier molecular flexibility index (Phi) is 4.96. The number of hydrogen-bond acceptors (Lipinski definition) is 5. The number of nitriles is 1. The Labute approximate surface area is 140 Å². The van der Waals surface area contributed by atoms with Crippen molar-refractivity contribution >= 4 is 12.0 Å². The minimum absolute atomic E-state index is 0.0304. The molecule has 2 aliphatic heterocycles. The topological polar surface area (TPSA) is 91.7 Å². The summed E-state index contributed by atoms with van der Waals surface area (Å²) in [6.07, 6.45) is 1.00. The minimum atomic E-state index is -0.674. The van der Waals surface area contributed by atoms with E-state index in [0.717, 1.165) is 12.8 Å². The molecule has 2 heterocycles. The average molecular weight is 329 g/mol. The highest BCUT2D eigenvalue weighted by molar-refractivity contribution is 5.88. The van der Waals surface area contributed by atoms with Crippen LogP contribution in [0.25, 0.3) is 0 Å². The van der Waals surface area contributed by atoms with Crippen LogP contribution in [0.4, 0.5) is 4.79 Å². The van der Waals surface area contributed by atoms with Gasteiger partial charge in [-0.25, -0.2) is 4.79 Å². The van der Waals surface area contributed by atoms with E-state index >= 15 is 0 Å². The Morgan fingerprint density at radius 3 is 2.83 bits per heavy atom. The molecular weight excluding hydrogens is 310 g/mol. The van der Waals surface area contributed by atoms with Gasteiger partial charge in [0, 0.05) is 19.3 Å². The zero-order chi connectivity index (χ0) is 16.9. The zero-order valence-corrected chi connectivity index (χ0v) is 13.2. The molecule has 0 unspecified atom stereocenters. The third-order valence-corrected chi connectivity index (χ3v) is 4.32. The standard InChI is InChI=1S/C17H19N3O4/c18-9-12-3-1-2-4-13(12)10-20-15(11-24-17(20)22)16(21)19-14-5-7-23-8-6-14/h1-4,14-15H,5-8,10-11H2,(H,19,21)/t15-/m0/s1. The van der Waals surface area contributed by atoms with E-state index in [0.29, 0.717) is 24.3 Å². The number of carbonyl (C=O) groups excluding carboxylic acids is 2. The highest BCUT2D eigenvalue weighted by Crippen LogP contribution is 2.19. The van der Waals surface area contributed by atoms with Gasteiger partial charge in [0.15, 0.2) is 0 Å². The summed E-state index contributed by atoms with van der Waals surface area (Å²) in [5, 5.41) is 12.1. The number of ether oxygens (including phenoxy) is 2. The fraction of sp³-hybridized carbons (Fsp3) is 0.471. The number of benzene rings is 1. The van der Waals surface area contributed by atoms with Crippen LogP contribution in [0.2, 0.25) is 0 Å². The van der Waals surface area contributed by atoms with Gasteiger partial charge < -0.3 is 14.8 Å². The monoisotopic (exact) mass is 329 g/mol. The maximum Gasteiger partial charge on any atom is 0.410 e. The molecule has 2 fully saturated rings. The number of cyclic esters (lactones) is 1. The van der Waals surface area contributed by atoms with Gasteiger partial charge in [-0.2, -0.15) is 5.26 Å². The number of amides is 2. The minimum Gasteiger partial charge on any atom is -0.447 e. The van der Waals surface area contributed by atoms with Crippen LogP contribution in [0.1, 0.15) is 24.0 Å². The van der Waals surface area contributed by atoms with Crippen molar-refractivity contribution in [3.8, 4) is 6.07 Å². The molecule has 2 saturated heterocycles. The van der Waals surface area contributed by atoms with Crippen molar-refractivity contribution in [2.75, 3.05) is 19.8 Å². The van der Waals surface area contributed by atoms with E-state index < -0.39 is 12.1 Å². The van der Waals surface area contributed by atoms with Gasteiger partial charge in [-0.1, -0.05) is 18.2 Å². The van der Waals surface area contributed by atoms with Crippen molar-refractivity contribution in [1.82, 2.24) is 10.2 Å². The maximum absolute atomic E-state index is 12.5. The van der Waals surface area contributed by atoms with Crippen LogP contribution in [-0.2, 0) is 20.8 Å². The maximum atomic E-state index is 12.5. The lowest BCUT2D eigenvalue weighted by Gasteiger charge is -2.26. The fourth-order valence-electron chi connectivity index (χ4n) is 2.93. The van der Waals surface area contributed by atoms with E-state index in [1.54, 1.807) is 24.3 Å². The molecule has 3 rings (SSSR count). The Bertz CT molecular complexity index is 664. The lowest BCUT2D eigenvalue weighted by Crippen LogP contribution is -2.49. The van der Waals surface area contributed by atoms with Crippen molar-refractivity contribution in [3.63, 3.8) is 0 Å². The third kappa shape index (κ3) is 3.49. The summed E-state index contributed by atoms with van der Waals surface area (Å²) in [4.78, 5) is 25.9. The van der Waals surface area contributed by atoms with E-state index in [-0.39, 0.29) is 25.1 Å². The van der Waals surface area contributed by atoms with Crippen LogP contribution in [0, 0.1) is 11.3 Å². The van der Waals surface area contributed by atoms with Crippen LogP contribution in [0.15, 0.2) is 24.3 Å². The Morgan fingerprint density at radius 2 is 2.08 bits per heavy atom. The summed E-state index contributed by atoms with van der Waals surface area (Å²) in [6.45, 7) is 1.46. The molecule has 1 atom stereocenters. The van der Waals surface area contributed by atoms with Gasteiger partial charge in [-0.15, -0.1) is 0 Å². The predicted octanol–water partition coefficient (Wildman–Crippen LogP) is 1.17. The molecule has 2 aliphatic rings. The smallest absolute Gasteiger partial charge is 0.410 e. The summed E-state index contributed by atoms with van der Waals surface area (Å²) in [5.41, 5.74) is 1.18. The average Bonchev–Trinajstić information content (AvgIpc) is 2.97. The summed E-state index contributed by atoms with van der Waals surface area (Å²) in [7, 11) is 0. The van der Waals surface area contributed by atoms with Crippen molar-refractivity contribution in [2.45, 2.75) is 31.5 Å². The molecule has 0 aromatic heterocycles.